The van der Waals surface area contributed by atoms with E-state index in [4.69, 9.17) is 4.74 Å². The van der Waals surface area contributed by atoms with Crippen LogP contribution in [0.4, 0.5) is 17.6 Å². The second-order valence-electron chi connectivity index (χ2n) is 4.97. The van der Waals surface area contributed by atoms with Crippen molar-refractivity contribution in [2.75, 3.05) is 7.11 Å². The number of halogens is 4. The Kier molecular flexibility index (Phi) is 7.00. The molecule has 0 saturated carbocycles. The molecule has 6 heteroatoms. The molecule has 126 valence electrons. The molecule has 0 bridgehead atoms. The third-order valence-corrected chi connectivity index (χ3v) is 3.11. The Morgan fingerprint density at radius 2 is 2.00 bits per heavy atom. The summed E-state index contributed by atoms with van der Waals surface area (Å²) in [5, 5.41) is 0. The van der Waals surface area contributed by atoms with Crippen LogP contribution < -0.4 is 4.74 Å². The highest BCUT2D eigenvalue weighted by Crippen LogP contribution is 2.23. The molecule has 0 radical (unpaired) electrons. The van der Waals surface area contributed by atoms with Gasteiger partial charge in [0.2, 0.25) is 0 Å². The maximum absolute atomic E-state index is 13.5. The molecular formula is C17H18F4O2. The number of carbonyl (C=O) groups excluding carboxylic acids is 1. The smallest absolute Gasteiger partial charge is 0.389 e. The molecule has 0 heterocycles. The maximum Gasteiger partial charge on any atom is 0.389 e. The van der Waals surface area contributed by atoms with Crippen molar-refractivity contribution in [3.63, 3.8) is 0 Å². The summed E-state index contributed by atoms with van der Waals surface area (Å²) in [6.07, 6.45) is -1.09. The number of ketones is 1. The van der Waals surface area contributed by atoms with Gasteiger partial charge in [0.05, 0.1) is 7.11 Å². The van der Waals surface area contributed by atoms with Crippen molar-refractivity contribution in [2.24, 2.45) is 0 Å². The van der Waals surface area contributed by atoms with Crippen LogP contribution in [0.1, 0.15) is 36.0 Å². The van der Waals surface area contributed by atoms with Crippen LogP contribution in [0.5, 0.6) is 5.75 Å². The van der Waals surface area contributed by atoms with E-state index in [0.717, 1.165) is 6.07 Å². The minimum atomic E-state index is -4.14. The van der Waals surface area contributed by atoms with Gasteiger partial charge in [0, 0.05) is 17.6 Å². The summed E-state index contributed by atoms with van der Waals surface area (Å²) >= 11 is 0. The Bertz CT molecular complexity index is 589. The van der Waals surface area contributed by atoms with Crippen LogP contribution in [0.3, 0.4) is 0 Å². The zero-order valence-corrected chi connectivity index (χ0v) is 12.8. The van der Waals surface area contributed by atoms with Crippen molar-refractivity contribution in [2.45, 2.75) is 31.9 Å². The normalized spacial score (nSPS) is 11.7. The molecule has 1 aromatic carbocycles. The summed E-state index contributed by atoms with van der Waals surface area (Å²) in [5.74, 6) is -1.06. The van der Waals surface area contributed by atoms with Crippen molar-refractivity contribution in [1.29, 1.82) is 0 Å². The van der Waals surface area contributed by atoms with Gasteiger partial charge in [0.15, 0.2) is 17.3 Å². The standard InChI is InChI=1S/C17H18F4O2/c1-12(7-5-3-4-6-10-17(19,20)21)16(22)13-8-9-15(23-2)14(18)11-13/h5,7-9,11H,1,3-4,6,10H2,2H3. The first-order valence-corrected chi connectivity index (χ1v) is 7.05. The average Bonchev–Trinajstić information content (AvgIpc) is 2.48. The number of Topliss-reactive ketones (excluding diaryl/α,β-unsaturated/α-hetero) is 1. The number of allylic oxidation sites excluding steroid dienone is 3. The van der Waals surface area contributed by atoms with Crippen molar-refractivity contribution in [3.8, 4) is 5.75 Å². The third kappa shape index (κ3) is 6.67. The van der Waals surface area contributed by atoms with Crippen molar-refractivity contribution >= 4 is 5.78 Å². The molecule has 0 unspecified atom stereocenters. The van der Waals surface area contributed by atoms with Gasteiger partial charge < -0.3 is 4.74 Å². The number of methoxy groups -OCH3 is 1. The number of unbranched alkanes of at least 4 members (excludes halogenated alkanes) is 2. The van der Waals surface area contributed by atoms with Crippen LogP contribution in [0.25, 0.3) is 0 Å². The first kappa shape index (κ1) is 18.9. The monoisotopic (exact) mass is 330 g/mol. The van der Waals surface area contributed by atoms with Crippen LogP contribution in [0.15, 0.2) is 42.5 Å². The number of ether oxygens (including phenoxy) is 1. The third-order valence-electron chi connectivity index (χ3n) is 3.11. The lowest BCUT2D eigenvalue weighted by Crippen LogP contribution is -2.06. The molecule has 0 fully saturated rings. The van der Waals surface area contributed by atoms with Crippen molar-refractivity contribution < 1.29 is 27.1 Å². The van der Waals surface area contributed by atoms with Crippen LogP contribution in [-0.2, 0) is 0 Å². The molecule has 0 aliphatic carbocycles. The minimum absolute atomic E-state index is 0.0346. The van der Waals surface area contributed by atoms with E-state index in [-0.39, 0.29) is 23.3 Å². The predicted molar refractivity (Wildman–Crippen MR) is 80.1 cm³/mol. The van der Waals surface area contributed by atoms with Crippen LogP contribution in [0, 0.1) is 5.82 Å². The number of benzene rings is 1. The second-order valence-corrected chi connectivity index (χ2v) is 4.97. The Morgan fingerprint density at radius 3 is 2.57 bits per heavy atom. The topological polar surface area (TPSA) is 26.3 Å². The molecular weight excluding hydrogens is 312 g/mol. The zero-order chi connectivity index (χ0) is 17.5. The van der Waals surface area contributed by atoms with Gasteiger partial charge in [-0.2, -0.15) is 13.2 Å². The summed E-state index contributed by atoms with van der Waals surface area (Å²) in [6.45, 7) is 3.59. The number of hydrogen-bond acceptors (Lipinski definition) is 2. The van der Waals surface area contributed by atoms with Crippen LogP contribution >= 0.6 is 0 Å². The van der Waals surface area contributed by atoms with Gasteiger partial charge in [-0.05, 0) is 37.5 Å². The molecule has 23 heavy (non-hydrogen) atoms. The molecule has 0 N–H and O–H groups in total. The summed E-state index contributed by atoms with van der Waals surface area (Å²) in [4.78, 5) is 12.0. The SMILES string of the molecule is C=C(C=CCCCCC(F)(F)F)C(=O)c1ccc(OC)c(F)c1. The summed E-state index contributed by atoms with van der Waals surface area (Å²) < 4.78 is 54.2. The molecule has 0 aromatic heterocycles. The van der Waals surface area contributed by atoms with E-state index >= 15 is 0 Å². The van der Waals surface area contributed by atoms with Gasteiger partial charge in [-0.25, -0.2) is 4.39 Å². The van der Waals surface area contributed by atoms with E-state index in [0.29, 0.717) is 12.8 Å². The fourth-order valence-electron chi connectivity index (χ4n) is 1.88. The minimum Gasteiger partial charge on any atom is -0.494 e. The van der Waals surface area contributed by atoms with Gasteiger partial charge >= 0.3 is 6.18 Å². The van der Waals surface area contributed by atoms with E-state index < -0.39 is 24.2 Å². The van der Waals surface area contributed by atoms with Gasteiger partial charge in [-0.1, -0.05) is 18.7 Å². The fraction of sp³-hybridized carbons (Fsp3) is 0.353. The molecule has 0 atom stereocenters. The van der Waals surface area contributed by atoms with E-state index in [2.05, 4.69) is 6.58 Å². The summed E-state index contributed by atoms with van der Waals surface area (Å²) in [5.41, 5.74) is 0.278. The molecule has 1 rings (SSSR count). The molecule has 2 nitrogen and oxygen atoms in total. The number of hydrogen-bond donors (Lipinski definition) is 0. The zero-order valence-electron chi connectivity index (χ0n) is 12.8. The average molecular weight is 330 g/mol. The van der Waals surface area contributed by atoms with E-state index in [1.165, 1.54) is 25.3 Å². The summed E-state index contributed by atoms with van der Waals surface area (Å²) in [6, 6.07) is 3.83. The summed E-state index contributed by atoms with van der Waals surface area (Å²) in [7, 11) is 1.32. The lowest BCUT2D eigenvalue weighted by atomic mass is 10.0. The Balaban J connectivity index is 2.49. The highest BCUT2D eigenvalue weighted by molar-refractivity contribution is 6.10. The lowest BCUT2D eigenvalue weighted by molar-refractivity contribution is -0.135. The Hall–Kier alpha value is -2.11. The molecule has 0 spiro atoms. The largest absolute Gasteiger partial charge is 0.494 e. The van der Waals surface area contributed by atoms with E-state index in [1.54, 1.807) is 6.08 Å². The fourth-order valence-corrected chi connectivity index (χ4v) is 1.88. The molecule has 0 aliphatic rings. The predicted octanol–water partition coefficient (Wildman–Crippen LogP) is 5.25. The van der Waals surface area contributed by atoms with Gasteiger partial charge in [0.25, 0.3) is 0 Å². The van der Waals surface area contributed by atoms with E-state index in [9.17, 15) is 22.4 Å². The first-order chi connectivity index (χ1) is 10.7. The highest BCUT2D eigenvalue weighted by atomic mass is 19.4. The van der Waals surface area contributed by atoms with Gasteiger partial charge in [0.1, 0.15) is 0 Å². The Labute approximate surface area is 132 Å². The number of carbonyl (C=O) groups is 1. The van der Waals surface area contributed by atoms with E-state index in [1.807, 2.05) is 0 Å². The Morgan fingerprint density at radius 1 is 1.30 bits per heavy atom. The first-order valence-electron chi connectivity index (χ1n) is 7.05. The van der Waals surface area contributed by atoms with Crippen LogP contribution in [0.2, 0.25) is 0 Å². The van der Waals surface area contributed by atoms with Crippen molar-refractivity contribution in [3.05, 3.63) is 53.9 Å². The van der Waals surface area contributed by atoms with Gasteiger partial charge in [-0.3, -0.25) is 4.79 Å². The van der Waals surface area contributed by atoms with Crippen LogP contribution in [-0.4, -0.2) is 19.1 Å². The molecule has 0 saturated heterocycles. The molecule has 1 aromatic rings. The quantitative estimate of drug-likeness (QED) is 0.214. The molecule has 0 aliphatic heterocycles. The number of rotatable bonds is 8. The number of alkyl halides is 3. The molecule has 0 amide bonds. The maximum atomic E-state index is 13.5. The highest BCUT2D eigenvalue weighted by Gasteiger charge is 2.25. The van der Waals surface area contributed by atoms with Crippen molar-refractivity contribution in [1.82, 2.24) is 0 Å². The van der Waals surface area contributed by atoms with Gasteiger partial charge in [-0.15, -0.1) is 0 Å². The lowest BCUT2D eigenvalue weighted by Gasteiger charge is -2.05. The second kappa shape index (κ2) is 8.50.